The van der Waals surface area contributed by atoms with E-state index in [4.69, 9.17) is 30.5 Å². The maximum atomic E-state index is 12.4. The van der Waals surface area contributed by atoms with E-state index in [0.717, 1.165) is 5.56 Å². The monoisotopic (exact) mass is 417 g/mol. The van der Waals surface area contributed by atoms with Gasteiger partial charge in [-0.15, -0.1) is 0 Å². The first-order chi connectivity index (χ1) is 13.9. The summed E-state index contributed by atoms with van der Waals surface area (Å²) in [6.45, 7) is 3.48. The minimum absolute atomic E-state index is 0.0998. The van der Waals surface area contributed by atoms with Crippen LogP contribution in [-0.4, -0.2) is 31.9 Å². The van der Waals surface area contributed by atoms with Crippen LogP contribution in [0.4, 0.5) is 5.69 Å². The Labute approximate surface area is 173 Å². The second-order valence-electron chi connectivity index (χ2n) is 6.34. The first-order valence-corrected chi connectivity index (χ1v) is 9.18. The van der Waals surface area contributed by atoms with Crippen molar-refractivity contribution in [2.24, 2.45) is 0 Å². The SMILES string of the molecule is COc1ccc(C)cc1NC(=O)[C@H](C)OC(=O)/C=C/c1cc(Cl)c2c(c1)OCO2. The first-order valence-electron chi connectivity index (χ1n) is 8.80. The van der Waals surface area contributed by atoms with Crippen LogP contribution in [0.25, 0.3) is 6.08 Å². The van der Waals surface area contributed by atoms with E-state index in [0.29, 0.717) is 33.5 Å². The van der Waals surface area contributed by atoms with Gasteiger partial charge in [0.15, 0.2) is 17.6 Å². The zero-order valence-corrected chi connectivity index (χ0v) is 16.9. The molecule has 8 heteroatoms. The van der Waals surface area contributed by atoms with Crippen LogP contribution in [0.2, 0.25) is 5.02 Å². The largest absolute Gasteiger partial charge is 0.495 e. The van der Waals surface area contributed by atoms with Crippen LogP contribution in [0, 0.1) is 6.92 Å². The number of nitrogens with one attached hydrogen (secondary N) is 1. The van der Waals surface area contributed by atoms with E-state index in [-0.39, 0.29) is 6.79 Å². The summed E-state index contributed by atoms with van der Waals surface area (Å²) in [4.78, 5) is 24.4. The van der Waals surface area contributed by atoms with Crippen LogP contribution >= 0.6 is 11.6 Å². The number of esters is 1. The van der Waals surface area contributed by atoms with Gasteiger partial charge in [-0.05, 0) is 55.3 Å². The predicted octanol–water partition coefficient (Wildman–Crippen LogP) is 3.97. The molecule has 1 heterocycles. The molecule has 29 heavy (non-hydrogen) atoms. The third kappa shape index (κ3) is 5.00. The smallest absolute Gasteiger partial charge is 0.331 e. The van der Waals surface area contributed by atoms with Crippen molar-refractivity contribution in [2.45, 2.75) is 20.0 Å². The summed E-state index contributed by atoms with van der Waals surface area (Å²) in [6, 6.07) is 8.72. The van der Waals surface area contributed by atoms with Crippen LogP contribution in [0.1, 0.15) is 18.1 Å². The zero-order valence-electron chi connectivity index (χ0n) is 16.2. The minimum Gasteiger partial charge on any atom is -0.495 e. The molecule has 0 saturated heterocycles. The van der Waals surface area contributed by atoms with Gasteiger partial charge in [0.25, 0.3) is 5.91 Å². The Kier molecular flexibility index (Phi) is 6.29. The molecule has 0 fully saturated rings. The molecule has 0 spiro atoms. The molecule has 0 unspecified atom stereocenters. The van der Waals surface area contributed by atoms with Crippen molar-refractivity contribution in [1.82, 2.24) is 0 Å². The number of carbonyl (C=O) groups excluding carboxylic acids is 2. The van der Waals surface area contributed by atoms with Gasteiger partial charge in [0.05, 0.1) is 17.8 Å². The fraction of sp³-hybridized carbons (Fsp3) is 0.238. The van der Waals surface area contributed by atoms with Gasteiger partial charge in [0, 0.05) is 6.08 Å². The molecule has 0 aromatic heterocycles. The number of benzene rings is 2. The molecule has 3 rings (SSSR count). The Morgan fingerprint density at radius 1 is 1.24 bits per heavy atom. The summed E-state index contributed by atoms with van der Waals surface area (Å²) in [5, 5.41) is 3.09. The maximum Gasteiger partial charge on any atom is 0.331 e. The molecule has 152 valence electrons. The summed E-state index contributed by atoms with van der Waals surface area (Å²) >= 11 is 6.11. The molecule has 2 aromatic carbocycles. The van der Waals surface area contributed by atoms with Crippen molar-refractivity contribution >= 4 is 35.2 Å². The highest BCUT2D eigenvalue weighted by molar-refractivity contribution is 6.32. The van der Waals surface area contributed by atoms with Crippen molar-refractivity contribution in [3.63, 3.8) is 0 Å². The highest BCUT2D eigenvalue weighted by Crippen LogP contribution is 2.40. The molecule has 7 nitrogen and oxygen atoms in total. The van der Waals surface area contributed by atoms with E-state index in [2.05, 4.69) is 5.32 Å². The van der Waals surface area contributed by atoms with Gasteiger partial charge < -0.3 is 24.3 Å². The molecular weight excluding hydrogens is 398 g/mol. The lowest BCUT2D eigenvalue weighted by molar-refractivity contribution is -0.148. The van der Waals surface area contributed by atoms with Crippen molar-refractivity contribution in [1.29, 1.82) is 0 Å². The van der Waals surface area contributed by atoms with Crippen molar-refractivity contribution in [3.05, 3.63) is 52.6 Å². The van der Waals surface area contributed by atoms with Gasteiger partial charge in [-0.1, -0.05) is 17.7 Å². The summed E-state index contributed by atoms with van der Waals surface area (Å²) in [6.07, 6.45) is 1.73. The Morgan fingerprint density at radius 3 is 2.79 bits per heavy atom. The Morgan fingerprint density at radius 2 is 2.03 bits per heavy atom. The van der Waals surface area contributed by atoms with Crippen LogP contribution in [0.3, 0.4) is 0 Å². The number of aryl methyl sites for hydroxylation is 1. The van der Waals surface area contributed by atoms with E-state index in [1.165, 1.54) is 26.2 Å². The standard InChI is InChI=1S/C21H20ClNO6/c1-12-4-6-17(26-3)16(8-12)23-21(25)13(2)29-19(24)7-5-14-9-15(22)20-18(10-14)27-11-28-20/h4-10,13H,11H2,1-3H3,(H,23,25)/b7-5+/t13-/m0/s1. The molecule has 1 aliphatic heterocycles. The topological polar surface area (TPSA) is 83.1 Å². The Hall–Kier alpha value is -3.19. The average molecular weight is 418 g/mol. The van der Waals surface area contributed by atoms with Crippen molar-refractivity contribution < 1.29 is 28.5 Å². The molecule has 1 amide bonds. The fourth-order valence-corrected chi connectivity index (χ4v) is 2.94. The predicted molar refractivity (Wildman–Crippen MR) is 109 cm³/mol. The third-order valence-corrected chi connectivity index (χ3v) is 4.42. The molecular formula is C21H20ClNO6. The van der Waals surface area contributed by atoms with Crippen molar-refractivity contribution in [3.8, 4) is 17.2 Å². The lowest BCUT2D eigenvalue weighted by atomic mass is 10.2. The number of halogens is 1. The van der Waals surface area contributed by atoms with Gasteiger partial charge in [0.1, 0.15) is 5.75 Å². The maximum absolute atomic E-state index is 12.4. The second kappa shape index (κ2) is 8.87. The molecule has 0 bridgehead atoms. The third-order valence-electron chi connectivity index (χ3n) is 4.14. The lowest BCUT2D eigenvalue weighted by Gasteiger charge is -2.15. The molecule has 0 aliphatic carbocycles. The van der Waals surface area contributed by atoms with E-state index in [1.807, 2.05) is 13.0 Å². The van der Waals surface area contributed by atoms with Crippen LogP contribution in [-0.2, 0) is 14.3 Å². The van der Waals surface area contributed by atoms with Gasteiger partial charge in [-0.3, -0.25) is 4.79 Å². The molecule has 1 N–H and O–H groups in total. The number of amides is 1. The zero-order chi connectivity index (χ0) is 21.0. The number of hydrogen-bond donors (Lipinski definition) is 1. The van der Waals surface area contributed by atoms with Crippen molar-refractivity contribution in [2.75, 3.05) is 19.2 Å². The van der Waals surface area contributed by atoms with Gasteiger partial charge in [-0.25, -0.2) is 4.79 Å². The second-order valence-corrected chi connectivity index (χ2v) is 6.75. The van der Waals surface area contributed by atoms with E-state index < -0.39 is 18.0 Å². The molecule has 0 saturated carbocycles. The highest BCUT2D eigenvalue weighted by Gasteiger charge is 2.19. The normalized spacial score (nSPS) is 13.2. The van der Waals surface area contributed by atoms with Crippen LogP contribution in [0.5, 0.6) is 17.2 Å². The first kappa shape index (κ1) is 20.5. The average Bonchev–Trinajstić information content (AvgIpc) is 3.16. The van der Waals surface area contributed by atoms with Crippen LogP contribution in [0.15, 0.2) is 36.4 Å². The van der Waals surface area contributed by atoms with Gasteiger partial charge in [-0.2, -0.15) is 0 Å². The number of rotatable bonds is 6. The fourth-order valence-electron chi connectivity index (χ4n) is 2.67. The summed E-state index contributed by atoms with van der Waals surface area (Å²) < 4.78 is 20.9. The lowest BCUT2D eigenvalue weighted by Crippen LogP contribution is -2.29. The summed E-state index contributed by atoms with van der Waals surface area (Å²) in [5.74, 6) is 0.357. The highest BCUT2D eigenvalue weighted by atomic mass is 35.5. The van der Waals surface area contributed by atoms with Gasteiger partial charge >= 0.3 is 5.97 Å². The Balaban J connectivity index is 1.60. The molecule has 0 radical (unpaired) electrons. The quantitative estimate of drug-likeness (QED) is 0.565. The molecule has 1 aliphatic rings. The van der Waals surface area contributed by atoms with E-state index in [9.17, 15) is 9.59 Å². The minimum atomic E-state index is -1.00. The molecule has 2 aromatic rings. The van der Waals surface area contributed by atoms with E-state index in [1.54, 1.807) is 24.3 Å². The van der Waals surface area contributed by atoms with E-state index >= 15 is 0 Å². The van der Waals surface area contributed by atoms with Crippen LogP contribution < -0.4 is 19.5 Å². The number of carbonyl (C=O) groups is 2. The number of fused-ring (bicyclic) bond motifs is 1. The number of anilines is 1. The summed E-state index contributed by atoms with van der Waals surface area (Å²) in [5.41, 5.74) is 2.10. The number of methoxy groups -OCH3 is 1. The number of hydrogen-bond acceptors (Lipinski definition) is 6. The number of ether oxygens (including phenoxy) is 4. The summed E-state index contributed by atoms with van der Waals surface area (Å²) in [7, 11) is 1.51. The Bertz CT molecular complexity index is 972. The van der Waals surface area contributed by atoms with Gasteiger partial charge in [0.2, 0.25) is 6.79 Å². The molecule has 1 atom stereocenters.